The molecule has 0 saturated heterocycles. The van der Waals surface area contributed by atoms with Gasteiger partial charge >= 0.3 is 0 Å². The van der Waals surface area contributed by atoms with E-state index in [9.17, 15) is 0 Å². The van der Waals surface area contributed by atoms with Gasteiger partial charge in [-0.05, 0) is 49.4 Å². The smallest absolute Gasteiger partial charge is 0.119 e. The van der Waals surface area contributed by atoms with Crippen LogP contribution in [0.25, 0.3) is 0 Å². The Labute approximate surface area is 101 Å². The summed E-state index contributed by atoms with van der Waals surface area (Å²) in [6, 6.07) is 5.85. The number of unbranched alkanes of at least 4 members (excludes halogenated alkanes) is 1. The molecule has 4 nitrogen and oxygen atoms in total. The lowest BCUT2D eigenvalue weighted by atomic mass is 10.1. The topological polar surface area (TPSA) is 62.0 Å². The van der Waals surface area contributed by atoms with Gasteiger partial charge in [0.25, 0.3) is 0 Å². The van der Waals surface area contributed by atoms with Crippen LogP contribution in [0.1, 0.15) is 30.4 Å². The number of rotatable bonds is 5. The highest BCUT2D eigenvalue weighted by molar-refractivity contribution is 6.04. The molecule has 0 bridgehead atoms. The summed E-state index contributed by atoms with van der Waals surface area (Å²) < 4.78 is 5.59. The molecular weight excluding hydrogens is 218 g/mol. The van der Waals surface area contributed by atoms with Crippen molar-refractivity contribution in [1.29, 1.82) is 0 Å². The van der Waals surface area contributed by atoms with Crippen LogP contribution >= 0.6 is 0 Å². The highest BCUT2D eigenvalue weighted by atomic mass is 16.5. The predicted molar refractivity (Wildman–Crippen MR) is 64.9 cm³/mol. The molecule has 0 unspecified atom stereocenters. The van der Waals surface area contributed by atoms with Crippen molar-refractivity contribution in [2.45, 2.75) is 25.7 Å². The number of hydrogen-bond donors (Lipinski definition) is 2. The van der Waals surface area contributed by atoms with Crippen LogP contribution in [0.2, 0.25) is 0 Å². The van der Waals surface area contributed by atoms with Gasteiger partial charge in [0.1, 0.15) is 5.75 Å². The second-order valence-electron chi connectivity index (χ2n) is 4.14. The molecule has 0 atom stereocenters. The summed E-state index contributed by atoms with van der Waals surface area (Å²) in [6.45, 7) is 0.837. The molecule has 1 aromatic carbocycles. The van der Waals surface area contributed by atoms with Crippen molar-refractivity contribution < 1.29 is 15.1 Å². The quantitative estimate of drug-likeness (QED) is 0.466. The summed E-state index contributed by atoms with van der Waals surface area (Å²) >= 11 is 0. The van der Waals surface area contributed by atoms with E-state index in [2.05, 4.69) is 5.16 Å². The summed E-state index contributed by atoms with van der Waals surface area (Å²) in [5, 5.41) is 20.8. The molecule has 0 spiro atoms. The maximum Gasteiger partial charge on any atom is 0.119 e. The highest BCUT2D eigenvalue weighted by Gasteiger charge is 2.18. The van der Waals surface area contributed by atoms with E-state index in [1.807, 2.05) is 18.2 Å². The largest absolute Gasteiger partial charge is 0.494 e. The molecule has 1 aliphatic rings. The first kappa shape index (κ1) is 11.9. The number of ether oxygens (including phenoxy) is 1. The summed E-state index contributed by atoms with van der Waals surface area (Å²) in [7, 11) is 0. The first-order valence-electron chi connectivity index (χ1n) is 5.93. The Morgan fingerprint density at radius 3 is 2.88 bits per heavy atom. The van der Waals surface area contributed by atoms with Crippen molar-refractivity contribution in [3.8, 4) is 5.75 Å². The lowest BCUT2D eigenvalue weighted by Gasteiger charge is -2.07. The van der Waals surface area contributed by atoms with Gasteiger partial charge in [-0.25, -0.2) is 0 Å². The van der Waals surface area contributed by atoms with Gasteiger partial charge in [0, 0.05) is 12.2 Å². The van der Waals surface area contributed by atoms with E-state index in [0.717, 1.165) is 42.7 Å². The first-order valence-corrected chi connectivity index (χ1v) is 5.93. The van der Waals surface area contributed by atoms with Gasteiger partial charge in [0.15, 0.2) is 0 Å². The van der Waals surface area contributed by atoms with Gasteiger partial charge in [0.2, 0.25) is 0 Å². The zero-order valence-corrected chi connectivity index (χ0v) is 9.72. The molecule has 0 amide bonds. The van der Waals surface area contributed by atoms with E-state index in [1.165, 1.54) is 5.56 Å². The Kier molecular flexibility index (Phi) is 3.98. The summed E-state index contributed by atoms with van der Waals surface area (Å²) in [4.78, 5) is 0. The number of aliphatic hydroxyl groups excluding tert-OH is 1. The second kappa shape index (κ2) is 5.68. The summed E-state index contributed by atoms with van der Waals surface area (Å²) in [5.41, 5.74) is 2.96. The van der Waals surface area contributed by atoms with E-state index in [0.29, 0.717) is 6.61 Å². The van der Waals surface area contributed by atoms with Crippen LogP contribution < -0.4 is 4.74 Å². The maximum atomic E-state index is 8.82. The molecule has 0 radical (unpaired) electrons. The number of oxime groups is 1. The zero-order valence-electron chi connectivity index (χ0n) is 9.72. The van der Waals surface area contributed by atoms with E-state index >= 15 is 0 Å². The third kappa shape index (κ3) is 2.77. The van der Waals surface area contributed by atoms with Crippen LogP contribution in [-0.2, 0) is 6.42 Å². The molecule has 0 fully saturated rings. The molecule has 17 heavy (non-hydrogen) atoms. The van der Waals surface area contributed by atoms with Gasteiger partial charge in [0.05, 0.1) is 12.3 Å². The van der Waals surface area contributed by atoms with Crippen molar-refractivity contribution in [2.75, 3.05) is 13.2 Å². The van der Waals surface area contributed by atoms with Gasteiger partial charge in [-0.1, -0.05) is 5.16 Å². The maximum absolute atomic E-state index is 8.82. The van der Waals surface area contributed by atoms with Crippen LogP contribution in [0.3, 0.4) is 0 Å². The van der Waals surface area contributed by atoms with Crippen LogP contribution in [0.5, 0.6) is 5.75 Å². The normalized spacial score (nSPS) is 16.2. The Bertz CT molecular complexity index is 415. The lowest BCUT2D eigenvalue weighted by Crippen LogP contribution is -1.99. The van der Waals surface area contributed by atoms with Crippen LogP contribution in [0.15, 0.2) is 23.4 Å². The fourth-order valence-electron chi connectivity index (χ4n) is 2.04. The van der Waals surface area contributed by atoms with E-state index in [-0.39, 0.29) is 6.61 Å². The fourth-order valence-corrected chi connectivity index (χ4v) is 2.04. The third-order valence-electron chi connectivity index (χ3n) is 2.96. The fraction of sp³-hybridized carbons (Fsp3) is 0.462. The van der Waals surface area contributed by atoms with Crippen LogP contribution in [0.4, 0.5) is 0 Å². The Hall–Kier alpha value is -1.55. The van der Waals surface area contributed by atoms with Gasteiger partial charge in [-0.2, -0.15) is 0 Å². The number of fused-ring (bicyclic) bond motifs is 1. The summed E-state index contributed by atoms with van der Waals surface area (Å²) in [6.07, 6.45) is 3.32. The van der Waals surface area contributed by atoms with Crippen molar-refractivity contribution in [3.05, 3.63) is 29.3 Å². The molecule has 2 rings (SSSR count). The monoisotopic (exact) mass is 235 g/mol. The first-order chi connectivity index (χ1) is 8.35. The van der Waals surface area contributed by atoms with E-state index < -0.39 is 0 Å². The number of benzene rings is 1. The molecule has 0 heterocycles. The highest BCUT2D eigenvalue weighted by Crippen LogP contribution is 2.26. The molecule has 92 valence electrons. The van der Waals surface area contributed by atoms with Gasteiger partial charge in [-0.3, -0.25) is 0 Å². The molecule has 2 N–H and O–H groups in total. The van der Waals surface area contributed by atoms with E-state index in [1.54, 1.807) is 0 Å². The molecular formula is C13H17NO3. The SMILES string of the molecule is OCCCCOc1ccc2c(c1)CC/C2=N\O. The Balaban J connectivity index is 1.98. The lowest BCUT2D eigenvalue weighted by molar-refractivity contribution is 0.253. The van der Waals surface area contributed by atoms with Crippen molar-refractivity contribution in [1.82, 2.24) is 0 Å². The van der Waals surface area contributed by atoms with Gasteiger partial charge in [-0.15, -0.1) is 0 Å². The third-order valence-corrected chi connectivity index (χ3v) is 2.96. The van der Waals surface area contributed by atoms with Crippen LogP contribution in [0, 0.1) is 0 Å². The molecule has 0 saturated carbocycles. The zero-order chi connectivity index (χ0) is 12.1. The number of hydrogen-bond acceptors (Lipinski definition) is 4. The average Bonchev–Trinajstić information content (AvgIpc) is 2.77. The number of aliphatic hydroxyl groups is 1. The molecule has 0 aliphatic heterocycles. The minimum Gasteiger partial charge on any atom is -0.494 e. The van der Waals surface area contributed by atoms with Crippen molar-refractivity contribution >= 4 is 5.71 Å². The Morgan fingerprint density at radius 2 is 2.12 bits per heavy atom. The number of aryl methyl sites for hydroxylation is 1. The molecule has 0 aromatic heterocycles. The predicted octanol–water partition coefficient (Wildman–Crippen LogP) is 1.96. The minimum absolute atomic E-state index is 0.212. The van der Waals surface area contributed by atoms with Crippen molar-refractivity contribution in [2.24, 2.45) is 5.16 Å². The van der Waals surface area contributed by atoms with Crippen LogP contribution in [-0.4, -0.2) is 29.2 Å². The van der Waals surface area contributed by atoms with Crippen molar-refractivity contribution in [3.63, 3.8) is 0 Å². The number of nitrogens with zero attached hydrogens (tertiary/aromatic N) is 1. The molecule has 1 aromatic rings. The summed E-state index contributed by atoms with van der Waals surface area (Å²) in [5.74, 6) is 0.848. The Morgan fingerprint density at radius 1 is 1.24 bits per heavy atom. The average molecular weight is 235 g/mol. The van der Waals surface area contributed by atoms with E-state index in [4.69, 9.17) is 15.1 Å². The van der Waals surface area contributed by atoms with Gasteiger partial charge < -0.3 is 15.1 Å². The second-order valence-corrected chi connectivity index (χ2v) is 4.14. The molecule has 4 heteroatoms. The molecule has 1 aliphatic carbocycles. The standard InChI is InChI=1S/C13H17NO3/c15-7-1-2-8-17-11-4-5-12-10(9-11)3-6-13(12)14-16/h4-5,9,15-16H,1-3,6-8H2/b14-13+. The minimum atomic E-state index is 0.212.